The van der Waals surface area contributed by atoms with Gasteiger partial charge in [-0.25, -0.2) is 8.42 Å². The van der Waals surface area contributed by atoms with E-state index in [4.69, 9.17) is 11.6 Å². The molecule has 0 saturated carbocycles. The second kappa shape index (κ2) is 12.2. The van der Waals surface area contributed by atoms with Crippen LogP contribution in [0.5, 0.6) is 0 Å². The topological polar surface area (TPSA) is 102 Å². The van der Waals surface area contributed by atoms with Gasteiger partial charge in [-0.2, -0.15) is 5.26 Å². The molecule has 1 aliphatic heterocycles. The predicted molar refractivity (Wildman–Crippen MR) is 157 cm³/mol. The van der Waals surface area contributed by atoms with Crippen LogP contribution in [-0.2, 0) is 29.5 Å². The van der Waals surface area contributed by atoms with E-state index in [0.717, 1.165) is 30.0 Å². The smallest absolute Gasteiger partial charge is 0.261 e. The summed E-state index contributed by atoms with van der Waals surface area (Å²) < 4.78 is 28.0. The molecular weight excluding hydrogens is 575 g/mol. The van der Waals surface area contributed by atoms with Crippen molar-refractivity contribution in [2.45, 2.75) is 24.4 Å². The fraction of sp³-hybridized carbons (Fsp3) is 0.143. The van der Waals surface area contributed by atoms with Gasteiger partial charge in [0.25, 0.3) is 15.9 Å². The fourth-order valence-electron chi connectivity index (χ4n) is 4.37. The van der Waals surface area contributed by atoms with E-state index in [0.29, 0.717) is 22.1 Å². The summed E-state index contributed by atoms with van der Waals surface area (Å²) in [7, 11) is -3.86. The molecule has 0 fully saturated rings. The molecule has 0 unspecified atom stereocenters. The minimum Gasteiger partial charge on any atom is -0.312 e. The van der Waals surface area contributed by atoms with E-state index in [-0.39, 0.29) is 28.6 Å². The summed E-state index contributed by atoms with van der Waals surface area (Å²) in [5, 5.41) is 13.7. The summed E-state index contributed by atoms with van der Waals surface area (Å²) in [5.74, 6) is -0.422. The number of thiophene rings is 1. The zero-order valence-corrected chi connectivity index (χ0v) is 23.8. The number of benzene rings is 3. The predicted octanol–water partition coefficient (Wildman–Crippen LogP) is 6.31. The summed E-state index contributed by atoms with van der Waals surface area (Å²) in [5.41, 5.74) is 3.23. The molecule has 7 nitrogen and oxygen atoms in total. The van der Waals surface area contributed by atoms with Crippen LogP contribution in [0.3, 0.4) is 0 Å². The molecule has 0 atom stereocenters. The first-order valence-corrected chi connectivity index (χ1v) is 14.5. The number of hydrogen-bond acceptors (Lipinski definition) is 6. The first-order valence-electron chi connectivity index (χ1n) is 11.8. The van der Waals surface area contributed by atoms with E-state index in [1.54, 1.807) is 18.2 Å². The summed E-state index contributed by atoms with van der Waals surface area (Å²) in [6.45, 7) is 2.36. The molecule has 1 aliphatic rings. The number of rotatable bonds is 7. The lowest BCUT2D eigenvalue weighted by atomic mass is 10.0. The van der Waals surface area contributed by atoms with E-state index in [2.05, 4.69) is 33.1 Å². The average Bonchev–Trinajstić information content (AvgIpc) is 3.25. The van der Waals surface area contributed by atoms with E-state index in [1.165, 1.54) is 47.2 Å². The Morgan fingerprint density at radius 2 is 1.79 bits per heavy atom. The van der Waals surface area contributed by atoms with Crippen molar-refractivity contribution in [1.29, 1.82) is 5.26 Å². The summed E-state index contributed by atoms with van der Waals surface area (Å²) >= 11 is 7.28. The molecule has 39 heavy (non-hydrogen) atoms. The Morgan fingerprint density at radius 3 is 2.51 bits per heavy atom. The molecule has 0 bridgehead atoms. The monoisotopic (exact) mass is 598 g/mol. The maximum absolute atomic E-state index is 13.1. The number of nitriles is 1. The molecule has 0 radical (unpaired) electrons. The van der Waals surface area contributed by atoms with Gasteiger partial charge < -0.3 is 5.32 Å². The van der Waals surface area contributed by atoms with Crippen LogP contribution in [-0.4, -0.2) is 25.8 Å². The lowest BCUT2D eigenvalue weighted by Crippen LogP contribution is -2.29. The van der Waals surface area contributed by atoms with Gasteiger partial charge in [0.15, 0.2) is 0 Å². The maximum atomic E-state index is 13.1. The quantitative estimate of drug-likeness (QED) is 0.259. The second-order valence-corrected chi connectivity index (χ2v) is 12.1. The molecule has 200 valence electrons. The van der Waals surface area contributed by atoms with Crippen LogP contribution < -0.4 is 10.0 Å². The standard InChI is InChI=1S/C28H23ClN4O3S2.ClH/c29-21-9-11-23(12-10-21)38(35,36)32-22-8-4-7-20(15-22)27(34)31-28-25(16-30)24-13-14-33(18-26(24)37-28)17-19-5-2-1-3-6-19;/h1-12,15,32H,13-14,17-18H2,(H,31,34);1H. The first-order chi connectivity index (χ1) is 18.3. The van der Waals surface area contributed by atoms with Gasteiger partial charge in [-0.15, -0.1) is 23.7 Å². The highest BCUT2D eigenvalue weighted by molar-refractivity contribution is 7.92. The van der Waals surface area contributed by atoms with Gasteiger partial charge in [0.2, 0.25) is 0 Å². The van der Waals surface area contributed by atoms with Crippen molar-refractivity contribution in [1.82, 2.24) is 4.90 Å². The van der Waals surface area contributed by atoms with Crippen LogP contribution in [0.4, 0.5) is 10.7 Å². The molecule has 11 heteroatoms. The number of amides is 1. The zero-order chi connectivity index (χ0) is 26.7. The molecule has 2 heterocycles. The highest BCUT2D eigenvalue weighted by atomic mass is 35.5. The minimum absolute atomic E-state index is 0. The van der Waals surface area contributed by atoms with Gasteiger partial charge in [-0.3, -0.25) is 14.4 Å². The highest BCUT2D eigenvalue weighted by Gasteiger charge is 2.26. The Balaban J connectivity index is 0.00000353. The molecule has 0 aliphatic carbocycles. The number of carbonyl (C=O) groups excluding carboxylic acids is 1. The molecule has 0 spiro atoms. The third-order valence-electron chi connectivity index (χ3n) is 6.22. The Kier molecular flexibility index (Phi) is 8.95. The molecule has 5 rings (SSSR count). The number of sulfonamides is 1. The van der Waals surface area contributed by atoms with Gasteiger partial charge in [0.05, 0.1) is 10.5 Å². The number of hydrogen-bond donors (Lipinski definition) is 2. The van der Waals surface area contributed by atoms with Crippen molar-refractivity contribution >= 4 is 62.0 Å². The Labute approximate surface area is 242 Å². The Hall–Kier alpha value is -3.39. The van der Waals surface area contributed by atoms with Crippen LogP contribution in [0.25, 0.3) is 0 Å². The third-order valence-corrected chi connectivity index (χ3v) is 9.01. The van der Waals surface area contributed by atoms with Crippen LogP contribution in [0, 0.1) is 11.3 Å². The Bertz CT molecular complexity index is 1630. The molecule has 2 N–H and O–H groups in total. The van der Waals surface area contributed by atoms with E-state index < -0.39 is 15.9 Å². The molecule has 4 aromatic rings. The molecular formula is C28H24Cl2N4O3S2. The van der Waals surface area contributed by atoms with Crippen LogP contribution >= 0.6 is 35.3 Å². The van der Waals surface area contributed by atoms with Crippen LogP contribution in [0.15, 0.2) is 83.8 Å². The normalized spacial score (nSPS) is 13.0. The van der Waals surface area contributed by atoms with Crippen molar-refractivity contribution in [3.63, 3.8) is 0 Å². The number of halogens is 2. The third kappa shape index (κ3) is 6.61. The fourth-order valence-corrected chi connectivity index (χ4v) is 6.78. The van der Waals surface area contributed by atoms with Gasteiger partial charge in [-0.05, 0) is 60.0 Å². The van der Waals surface area contributed by atoms with Crippen molar-refractivity contribution in [2.75, 3.05) is 16.6 Å². The average molecular weight is 600 g/mol. The first kappa shape index (κ1) is 28.6. The lowest BCUT2D eigenvalue weighted by molar-refractivity contribution is 0.102. The van der Waals surface area contributed by atoms with Crippen molar-refractivity contribution in [3.8, 4) is 6.07 Å². The van der Waals surface area contributed by atoms with Gasteiger partial charge in [-0.1, -0.05) is 48.0 Å². The zero-order valence-electron chi connectivity index (χ0n) is 20.6. The Morgan fingerprint density at radius 1 is 1.05 bits per heavy atom. The van der Waals surface area contributed by atoms with Crippen LogP contribution in [0.2, 0.25) is 5.02 Å². The SMILES string of the molecule is Cl.N#Cc1c(NC(=O)c2cccc(NS(=O)(=O)c3ccc(Cl)cc3)c2)sc2c1CCN(Cc1ccccc1)C2. The molecule has 1 amide bonds. The van der Waals surface area contributed by atoms with Gasteiger partial charge in [0.1, 0.15) is 11.1 Å². The summed E-state index contributed by atoms with van der Waals surface area (Å²) in [4.78, 5) is 16.6. The number of nitrogens with one attached hydrogen (secondary N) is 2. The van der Waals surface area contributed by atoms with E-state index >= 15 is 0 Å². The highest BCUT2D eigenvalue weighted by Crippen LogP contribution is 2.37. The van der Waals surface area contributed by atoms with Gasteiger partial charge in [0, 0.05) is 40.8 Å². The number of carbonyl (C=O) groups is 1. The van der Waals surface area contributed by atoms with E-state index in [9.17, 15) is 18.5 Å². The van der Waals surface area contributed by atoms with Gasteiger partial charge >= 0.3 is 0 Å². The number of anilines is 2. The molecule has 0 saturated heterocycles. The van der Waals surface area contributed by atoms with Crippen molar-refractivity contribution < 1.29 is 13.2 Å². The molecule has 3 aromatic carbocycles. The minimum atomic E-state index is -3.86. The maximum Gasteiger partial charge on any atom is 0.261 e. The van der Waals surface area contributed by atoms with Crippen LogP contribution in [0.1, 0.15) is 31.9 Å². The summed E-state index contributed by atoms with van der Waals surface area (Å²) in [6, 6.07) is 24.5. The van der Waals surface area contributed by atoms with Crippen molar-refractivity contribution in [2.24, 2.45) is 0 Å². The van der Waals surface area contributed by atoms with E-state index in [1.807, 2.05) is 18.2 Å². The van der Waals surface area contributed by atoms with Crippen molar-refractivity contribution in [3.05, 3.63) is 111 Å². The number of nitrogens with zero attached hydrogens (tertiary/aromatic N) is 2. The summed E-state index contributed by atoms with van der Waals surface area (Å²) in [6.07, 6.45) is 0.736. The second-order valence-electron chi connectivity index (χ2n) is 8.86. The molecule has 1 aromatic heterocycles. The lowest BCUT2D eigenvalue weighted by Gasteiger charge is -2.26. The largest absolute Gasteiger partial charge is 0.312 e. The number of fused-ring (bicyclic) bond motifs is 1.